The first-order valence-corrected chi connectivity index (χ1v) is 4.53. The molecule has 1 fully saturated rings. The lowest BCUT2D eigenvalue weighted by atomic mass is 10.2. The second-order valence-corrected chi connectivity index (χ2v) is 3.30. The molecule has 9 heteroatoms. The molecule has 1 aliphatic heterocycles. The minimum absolute atomic E-state index is 0.0995. The van der Waals surface area contributed by atoms with E-state index in [4.69, 9.17) is 21.4 Å². The zero-order chi connectivity index (χ0) is 13.6. The fourth-order valence-corrected chi connectivity index (χ4v) is 0.837. The summed E-state index contributed by atoms with van der Waals surface area (Å²) in [6, 6.07) is -1.29. The van der Waals surface area contributed by atoms with Gasteiger partial charge in [-0.3, -0.25) is 25.1 Å². The van der Waals surface area contributed by atoms with Gasteiger partial charge in [-0.15, -0.1) is 0 Å². The molecule has 1 rings (SSSR count). The van der Waals surface area contributed by atoms with Crippen molar-refractivity contribution in [3.05, 3.63) is 0 Å². The van der Waals surface area contributed by atoms with E-state index in [9.17, 15) is 14.4 Å². The van der Waals surface area contributed by atoms with Crippen LogP contribution in [0.5, 0.6) is 0 Å². The van der Waals surface area contributed by atoms with Gasteiger partial charge in [-0.05, 0) is 0 Å². The van der Waals surface area contributed by atoms with Crippen molar-refractivity contribution in [1.82, 2.24) is 10.2 Å². The minimum Gasteiger partial charge on any atom is -0.481 e. The topological polar surface area (TPSA) is 157 Å². The van der Waals surface area contributed by atoms with Gasteiger partial charge >= 0.3 is 11.9 Å². The van der Waals surface area contributed by atoms with E-state index in [0.717, 1.165) is 0 Å². The second-order valence-electron chi connectivity index (χ2n) is 3.30. The number of nitrogens with one attached hydrogen (secondary N) is 2. The Kier molecular flexibility index (Phi) is 5.61. The molecule has 1 amide bonds. The van der Waals surface area contributed by atoms with Crippen LogP contribution in [0.2, 0.25) is 0 Å². The van der Waals surface area contributed by atoms with E-state index >= 15 is 0 Å². The first-order chi connectivity index (χ1) is 7.73. The number of likely N-dealkylation sites (N-methyl/N-ethyl adjacent to an activating group) is 1. The average molecular weight is 246 g/mol. The Balaban J connectivity index is 0.000000302. The van der Waals surface area contributed by atoms with Gasteiger partial charge < -0.3 is 20.8 Å². The molecule has 0 aromatic rings. The number of nitrogens with zero attached hydrogens (tertiary/aromatic N) is 1. The van der Waals surface area contributed by atoms with Crippen LogP contribution in [0.1, 0.15) is 6.42 Å². The Labute approximate surface area is 96.7 Å². The van der Waals surface area contributed by atoms with Crippen LogP contribution in [0, 0.1) is 5.41 Å². The smallest absolute Gasteiger partial charge is 0.321 e. The van der Waals surface area contributed by atoms with Gasteiger partial charge in [0.25, 0.3) is 0 Å². The SMILES string of the molecule is CN1CC(=O)NC1=N.NC(CC(=O)O)C(=O)O. The Bertz CT molecular complexity index is 343. The van der Waals surface area contributed by atoms with Gasteiger partial charge in [0, 0.05) is 7.05 Å². The summed E-state index contributed by atoms with van der Waals surface area (Å²) in [5.41, 5.74) is 4.84. The number of amides is 1. The fraction of sp³-hybridized carbons (Fsp3) is 0.500. The second kappa shape index (κ2) is 6.43. The fourth-order valence-electron chi connectivity index (χ4n) is 0.837. The Morgan fingerprint density at radius 1 is 1.59 bits per heavy atom. The molecule has 0 radical (unpaired) electrons. The molecule has 96 valence electrons. The summed E-state index contributed by atoms with van der Waals surface area (Å²) in [5, 5.41) is 25.3. The van der Waals surface area contributed by atoms with Gasteiger partial charge in [-0.25, -0.2) is 0 Å². The molecular formula is C8H14N4O5. The standard InChI is InChI=1S/C4H7N3O.C4H7NO4/c1-7-2-3(8)6-4(7)5;5-2(4(8)9)1-3(6)7/h2H2,1H3,(H2,5,6,8);2H,1,5H2,(H,6,7)(H,8,9). The number of carboxylic acids is 2. The number of carbonyl (C=O) groups is 3. The number of aliphatic carboxylic acids is 2. The number of rotatable bonds is 3. The molecule has 0 aromatic heterocycles. The first kappa shape index (κ1) is 14.8. The zero-order valence-electron chi connectivity index (χ0n) is 9.14. The van der Waals surface area contributed by atoms with Crippen molar-refractivity contribution in [2.75, 3.05) is 13.6 Å². The van der Waals surface area contributed by atoms with Crippen LogP contribution in [-0.2, 0) is 14.4 Å². The Morgan fingerprint density at radius 3 is 2.24 bits per heavy atom. The molecule has 0 saturated carbocycles. The summed E-state index contributed by atoms with van der Waals surface area (Å²) in [6.07, 6.45) is -0.532. The molecule has 9 nitrogen and oxygen atoms in total. The van der Waals surface area contributed by atoms with Crippen LogP contribution in [-0.4, -0.2) is 58.6 Å². The number of carbonyl (C=O) groups excluding carboxylic acids is 1. The zero-order valence-corrected chi connectivity index (χ0v) is 9.14. The van der Waals surface area contributed by atoms with E-state index in [1.54, 1.807) is 11.9 Å². The third kappa shape index (κ3) is 6.10. The maximum atomic E-state index is 10.4. The van der Waals surface area contributed by atoms with Gasteiger partial charge in [0.1, 0.15) is 6.04 Å². The van der Waals surface area contributed by atoms with Crippen LogP contribution in [0.4, 0.5) is 0 Å². The van der Waals surface area contributed by atoms with Crippen LogP contribution in [0.3, 0.4) is 0 Å². The summed E-state index contributed by atoms with van der Waals surface area (Å²) in [7, 11) is 1.69. The number of carboxylic acid groups (broad SMARTS) is 2. The Morgan fingerprint density at radius 2 is 2.12 bits per heavy atom. The molecule has 1 heterocycles. The molecule has 1 atom stereocenters. The molecule has 0 spiro atoms. The molecule has 0 aromatic carbocycles. The highest BCUT2D eigenvalue weighted by Gasteiger charge is 2.18. The maximum absolute atomic E-state index is 10.4. The summed E-state index contributed by atoms with van der Waals surface area (Å²) >= 11 is 0. The maximum Gasteiger partial charge on any atom is 0.321 e. The van der Waals surface area contributed by atoms with E-state index in [2.05, 4.69) is 5.32 Å². The van der Waals surface area contributed by atoms with E-state index in [1.165, 1.54) is 0 Å². The van der Waals surface area contributed by atoms with Crippen molar-refractivity contribution in [3.63, 3.8) is 0 Å². The Hall–Kier alpha value is -2.16. The van der Waals surface area contributed by atoms with Crippen LogP contribution in [0.15, 0.2) is 0 Å². The summed E-state index contributed by atoms with van der Waals surface area (Å²) in [6.45, 7) is 0.318. The molecule has 1 unspecified atom stereocenters. The van der Waals surface area contributed by atoms with E-state index in [0.29, 0.717) is 6.54 Å². The van der Waals surface area contributed by atoms with E-state index in [-0.39, 0.29) is 11.9 Å². The predicted octanol–water partition coefficient (Wildman–Crippen LogP) is -2.14. The minimum atomic E-state index is -1.29. The third-order valence-corrected chi connectivity index (χ3v) is 1.73. The lowest BCUT2D eigenvalue weighted by Crippen LogP contribution is -2.32. The number of guanidine groups is 1. The first-order valence-electron chi connectivity index (χ1n) is 4.53. The predicted molar refractivity (Wildman–Crippen MR) is 56.4 cm³/mol. The number of nitrogens with two attached hydrogens (primary N) is 1. The average Bonchev–Trinajstić information content (AvgIpc) is 2.43. The van der Waals surface area contributed by atoms with Gasteiger partial charge in [0.2, 0.25) is 5.91 Å². The van der Waals surface area contributed by atoms with Crippen LogP contribution >= 0.6 is 0 Å². The van der Waals surface area contributed by atoms with Gasteiger partial charge in [-0.1, -0.05) is 0 Å². The van der Waals surface area contributed by atoms with Crippen molar-refractivity contribution in [2.45, 2.75) is 12.5 Å². The van der Waals surface area contributed by atoms with Gasteiger partial charge in [0.15, 0.2) is 5.96 Å². The normalized spacial score (nSPS) is 15.8. The summed E-state index contributed by atoms with van der Waals surface area (Å²) < 4.78 is 0. The number of hydrogen-bond donors (Lipinski definition) is 5. The molecule has 0 aliphatic carbocycles. The lowest BCUT2D eigenvalue weighted by Gasteiger charge is -2.03. The van der Waals surface area contributed by atoms with Crippen molar-refractivity contribution in [2.24, 2.45) is 5.73 Å². The summed E-state index contributed by atoms with van der Waals surface area (Å²) in [4.78, 5) is 31.5. The van der Waals surface area contributed by atoms with Crippen molar-refractivity contribution in [3.8, 4) is 0 Å². The largest absolute Gasteiger partial charge is 0.481 e. The van der Waals surface area contributed by atoms with Crippen LogP contribution < -0.4 is 11.1 Å². The van der Waals surface area contributed by atoms with E-state index < -0.39 is 24.4 Å². The highest BCUT2D eigenvalue weighted by molar-refractivity contribution is 6.02. The monoisotopic (exact) mass is 246 g/mol. The van der Waals surface area contributed by atoms with Gasteiger partial charge in [-0.2, -0.15) is 0 Å². The van der Waals surface area contributed by atoms with Crippen molar-refractivity contribution < 1.29 is 24.6 Å². The molecule has 17 heavy (non-hydrogen) atoms. The van der Waals surface area contributed by atoms with Crippen molar-refractivity contribution >= 4 is 23.8 Å². The number of hydrogen-bond acceptors (Lipinski definition) is 5. The highest BCUT2D eigenvalue weighted by Crippen LogP contribution is 1.89. The van der Waals surface area contributed by atoms with Crippen LogP contribution in [0.25, 0.3) is 0 Å². The highest BCUT2D eigenvalue weighted by atomic mass is 16.4. The molecule has 0 bridgehead atoms. The molecule has 1 saturated heterocycles. The quantitative estimate of drug-likeness (QED) is 0.380. The summed E-state index contributed by atoms with van der Waals surface area (Å²) in [5.74, 6) is -2.41. The molecule has 1 aliphatic rings. The lowest BCUT2D eigenvalue weighted by molar-refractivity contribution is -0.144. The third-order valence-electron chi connectivity index (χ3n) is 1.73. The van der Waals surface area contributed by atoms with E-state index in [1.807, 2.05) is 0 Å². The molecule has 6 N–H and O–H groups in total. The van der Waals surface area contributed by atoms with Crippen molar-refractivity contribution in [1.29, 1.82) is 5.41 Å². The molecular weight excluding hydrogens is 232 g/mol. The van der Waals surface area contributed by atoms with Gasteiger partial charge in [0.05, 0.1) is 13.0 Å².